The van der Waals surface area contributed by atoms with Gasteiger partial charge in [-0.25, -0.2) is 10.3 Å². The molecule has 0 saturated carbocycles. The van der Waals surface area contributed by atoms with E-state index in [2.05, 4.69) is 10.5 Å². The molecule has 0 bridgehead atoms. The van der Waals surface area contributed by atoms with Gasteiger partial charge in [-0.3, -0.25) is 9.40 Å². The van der Waals surface area contributed by atoms with Crippen molar-refractivity contribution in [2.45, 2.75) is 32.7 Å². The van der Waals surface area contributed by atoms with Crippen LogP contribution in [0, 0.1) is 0 Å². The van der Waals surface area contributed by atoms with Gasteiger partial charge in [-0.05, 0) is 20.8 Å². The number of nitrogens with one attached hydrogen (secondary N) is 1. The normalized spacial score (nSPS) is 15.7. The van der Waals surface area contributed by atoms with E-state index in [-0.39, 0.29) is 11.2 Å². The van der Waals surface area contributed by atoms with E-state index in [1.54, 1.807) is 4.57 Å². The van der Waals surface area contributed by atoms with Crippen LogP contribution in [0.25, 0.3) is 0 Å². The molecule has 0 fully saturated rings. The van der Waals surface area contributed by atoms with Crippen LogP contribution in [-0.2, 0) is 16.8 Å². The molecule has 0 radical (unpaired) electrons. The minimum atomic E-state index is -0.251. The largest absolute Gasteiger partial charge is 0.350 e. The molecule has 0 unspecified atom stereocenters. The maximum absolute atomic E-state index is 11.7. The highest BCUT2D eigenvalue weighted by molar-refractivity contribution is 5.41. The molecule has 1 aromatic rings. The van der Waals surface area contributed by atoms with Crippen molar-refractivity contribution < 1.29 is 4.84 Å². The lowest BCUT2D eigenvalue weighted by molar-refractivity contribution is 0.183. The summed E-state index contributed by atoms with van der Waals surface area (Å²) < 4.78 is 1.65. The highest BCUT2D eigenvalue weighted by Crippen LogP contribution is 2.18. The lowest BCUT2D eigenvalue weighted by atomic mass is 10.1. The van der Waals surface area contributed by atoms with Crippen molar-refractivity contribution in [2.24, 2.45) is 0 Å². The Balaban J connectivity index is 2.55. The molecular weight excluding hydrogens is 194 g/mol. The van der Waals surface area contributed by atoms with Gasteiger partial charge in [0.05, 0.1) is 6.61 Å². The van der Waals surface area contributed by atoms with Crippen molar-refractivity contribution in [2.75, 3.05) is 12.1 Å². The minimum absolute atomic E-state index is 0.239. The van der Waals surface area contributed by atoms with Gasteiger partial charge in [-0.15, -0.1) is 0 Å². The second kappa shape index (κ2) is 3.34. The molecule has 0 atom stereocenters. The zero-order chi connectivity index (χ0) is 11.1. The monoisotopic (exact) mass is 209 g/mol. The molecule has 82 valence electrons. The van der Waals surface area contributed by atoms with E-state index in [0.717, 1.165) is 12.0 Å². The fraction of sp³-hybridized carbons (Fsp3) is 0.600. The summed E-state index contributed by atoms with van der Waals surface area (Å²) in [4.78, 5) is 20.7. The second-order valence-corrected chi connectivity index (χ2v) is 4.64. The standard InChI is InChI=1S/C10H15N3O2/c1-10(2,3)13-6-7-4-5-15-12-8(7)11-9(13)14/h6H,4-5H2,1-3H3,(H,11,12,14). The number of hydrogen-bond donors (Lipinski definition) is 1. The summed E-state index contributed by atoms with van der Waals surface area (Å²) in [5, 5.41) is 0. The Hall–Kier alpha value is -1.36. The van der Waals surface area contributed by atoms with Crippen molar-refractivity contribution in [3.63, 3.8) is 0 Å². The molecule has 1 N–H and O–H groups in total. The van der Waals surface area contributed by atoms with E-state index in [0.29, 0.717) is 12.4 Å². The fourth-order valence-electron chi connectivity index (χ4n) is 1.53. The third kappa shape index (κ3) is 1.87. The quantitative estimate of drug-likeness (QED) is 0.689. The third-order valence-corrected chi connectivity index (χ3v) is 2.37. The van der Waals surface area contributed by atoms with Gasteiger partial charge in [-0.2, -0.15) is 4.98 Å². The lowest BCUT2D eigenvalue weighted by Gasteiger charge is -2.24. The lowest BCUT2D eigenvalue weighted by Crippen LogP contribution is -2.36. The molecule has 0 spiro atoms. The highest BCUT2D eigenvalue weighted by atomic mass is 16.6. The molecule has 15 heavy (non-hydrogen) atoms. The number of rotatable bonds is 0. The van der Waals surface area contributed by atoms with Crippen LogP contribution in [0.3, 0.4) is 0 Å². The van der Waals surface area contributed by atoms with E-state index in [1.807, 2.05) is 27.0 Å². The molecule has 1 aliphatic rings. The number of fused-ring (bicyclic) bond motifs is 1. The number of nitrogens with zero attached hydrogens (tertiary/aromatic N) is 2. The van der Waals surface area contributed by atoms with Crippen LogP contribution < -0.4 is 11.2 Å². The van der Waals surface area contributed by atoms with Crippen molar-refractivity contribution in [3.8, 4) is 0 Å². The van der Waals surface area contributed by atoms with Crippen molar-refractivity contribution in [1.82, 2.24) is 9.55 Å². The van der Waals surface area contributed by atoms with Gasteiger partial charge in [0.2, 0.25) is 0 Å². The SMILES string of the molecule is CC(C)(C)n1cc2c(nc1=O)NOCC2. The topological polar surface area (TPSA) is 56.2 Å². The molecule has 0 aromatic carbocycles. The van der Waals surface area contributed by atoms with Gasteiger partial charge >= 0.3 is 5.69 Å². The van der Waals surface area contributed by atoms with Crippen LogP contribution >= 0.6 is 0 Å². The van der Waals surface area contributed by atoms with Crippen LogP contribution in [0.15, 0.2) is 11.0 Å². The Morgan fingerprint density at radius 1 is 1.53 bits per heavy atom. The average Bonchev–Trinajstić information content (AvgIpc) is 2.15. The molecule has 5 nitrogen and oxygen atoms in total. The predicted molar refractivity (Wildman–Crippen MR) is 56.8 cm³/mol. The van der Waals surface area contributed by atoms with Gasteiger partial charge in [-0.1, -0.05) is 0 Å². The Bertz CT molecular complexity index is 431. The van der Waals surface area contributed by atoms with Gasteiger partial charge < -0.3 is 0 Å². The molecule has 0 aliphatic carbocycles. The molecule has 0 amide bonds. The van der Waals surface area contributed by atoms with Gasteiger partial charge in [0.15, 0.2) is 5.82 Å². The van der Waals surface area contributed by atoms with Crippen LogP contribution in [0.2, 0.25) is 0 Å². The predicted octanol–water partition coefficient (Wildman–Crippen LogP) is 0.898. The van der Waals surface area contributed by atoms with Crippen LogP contribution in [0.5, 0.6) is 0 Å². The smallest absolute Gasteiger partial charge is 0.293 e. The van der Waals surface area contributed by atoms with Crippen molar-refractivity contribution in [1.29, 1.82) is 0 Å². The summed E-state index contributed by atoms with van der Waals surface area (Å²) >= 11 is 0. The first kappa shape index (κ1) is 10.2. The Morgan fingerprint density at radius 3 is 2.93 bits per heavy atom. The Labute approximate surface area is 88.0 Å². The Kier molecular flexibility index (Phi) is 2.26. The summed E-state index contributed by atoms with van der Waals surface area (Å²) in [6.07, 6.45) is 2.64. The zero-order valence-corrected chi connectivity index (χ0v) is 9.20. The first-order valence-corrected chi connectivity index (χ1v) is 4.99. The first-order chi connectivity index (χ1) is 6.98. The number of hydrogen-bond acceptors (Lipinski definition) is 4. The van der Waals surface area contributed by atoms with Gasteiger partial charge in [0.25, 0.3) is 0 Å². The maximum atomic E-state index is 11.7. The van der Waals surface area contributed by atoms with Crippen molar-refractivity contribution in [3.05, 3.63) is 22.2 Å². The summed E-state index contributed by atoms with van der Waals surface area (Å²) in [6, 6.07) is 0. The Morgan fingerprint density at radius 2 is 2.27 bits per heavy atom. The molecule has 1 aliphatic heterocycles. The van der Waals surface area contributed by atoms with E-state index in [1.165, 1.54) is 0 Å². The van der Waals surface area contributed by atoms with Crippen LogP contribution in [0.1, 0.15) is 26.3 Å². The summed E-state index contributed by atoms with van der Waals surface area (Å²) in [5.74, 6) is 0.548. The van der Waals surface area contributed by atoms with Crippen LogP contribution in [-0.4, -0.2) is 16.2 Å². The number of anilines is 1. The molecule has 2 heterocycles. The highest BCUT2D eigenvalue weighted by Gasteiger charge is 2.19. The second-order valence-electron chi connectivity index (χ2n) is 4.64. The maximum Gasteiger partial charge on any atom is 0.350 e. The summed E-state index contributed by atoms with van der Waals surface area (Å²) in [6.45, 7) is 6.55. The van der Waals surface area contributed by atoms with Gasteiger partial charge in [0, 0.05) is 23.7 Å². The molecule has 2 rings (SSSR count). The van der Waals surface area contributed by atoms with Crippen LogP contribution in [0.4, 0.5) is 5.82 Å². The molecule has 1 aromatic heterocycles. The summed E-state index contributed by atoms with van der Waals surface area (Å²) in [5.41, 5.74) is 3.19. The van der Waals surface area contributed by atoms with Gasteiger partial charge in [0.1, 0.15) is 0 Å². The molecule has 5 heteroatoms. The van der Waals surface area contributed by atoms with Crippen molar-refractivity contribution >= 4 is 5.82 Å². The minimum Gasteiger partial charge on any atom is -0.293 e. The number of aromatic nitrogens is 2. The molecular formula is C10H15N3O2. The summed E-state index contributed by atoms with van der Waals surface area (Å²) in [7, 11) is 0. The zero-order valence-electron chi connectivity index (χ0n) is 9.20. The first-order valence-electron chi connectivity index (χ1n) is 4.99. The van der Waals surface area contributed by atoms with E-state index in [9.17, 15) is 4.79 Å². The fourth-order valence-corrected chi connectivity index (χ4v) is 1.53. The van der Waals surface area contributed by atoms with E-state index in [4.69, 9.17) is 4.84 Å². The third-order valence-electron chi connectivity index (χ3n) is 2.37. The average molecular weight is 209 g/mol. The molecule has 0 saturated heterocycles. The van der Waals surface area contributed by atoms with E-state index < -0.39 is 0 Å². The van der Waals surface area contributed by atoms with E-state index >= 15 is 0 Å².